The van der Waals surface area contributed by atoms with Crippen molar-refractivity contribution in [2.75, 3.05) is 14.2 Å². The molecule has 0 aromatic heterocycles. The van der Waals surface area contributed by atoms with E-state index in [1.165, 1.54) is 114 Å². The normalized spacial score (nSPS) is 40.4. The average molecular weight is 1220 g/mol. The Morgan fingerprint density at radius 2 is 0.975 bits per heavy atom. The van der Waals surface area contributed by atoms with E-state index in [9.17, 15) is 9.59 Å². The van der Waals surface area contributed by atoms with Crippen molar-refractivity contribution in [1.29, 1.82) is 0 Å². The number of methoxy groups -OCH3 is 2. The van der Waals surface area contributed by atoms with Crippen LogP contribution in [-0.4, -0.2) is 70.0 Å². The molecule has 8 fully saturated rings. The van der Waals surface area contributed by atoms with E-state index < -0.39 is 16.6 Å². The molecule has 0 bridgehead atoms. The Hall–Kier alpha value is -0.967. The Morgan fingerprint density at radius 3 is 1.38 bits per heavy atom. The fraction of sp³-hybridized carbons (Fsp3) is 0.889. The van der Waals surface area contributed by atoms with Crippen molar-refractivity contribution in [3.8, 4) is 0 Å². The molecular weight excluding hydrogens is 1100 g/mol. The smallest absolute Gasteiger partial charge is 0.305 e. The van der Waals surface area contributed by atoms with Gasteiger partial charge in [-0.2, -0.15) is 0 Å². The first-order valence-electron chi connectivity index (χ1n) is 34.0. The second-order valence-corrected chi connectivity index (χ2v) is 45.4. The Bertz CT molecular complexity index is 2220. The predicted octanol–water partition coefficient (Wildman–Crippen LogP) is 19.2. The molecule has 7 unspecified atom stereocenters. The van der Waals surface area contributed by atoms with Gasteiger partial charge in [-0.15, -0.1) is 0 Å². The van der Waals surface area contributed by atoms with Gasteiger partial charge >= 0.3 is 251 Å². The van der Waals surface area contributed by atoms with Gasteiger partial charge in [0.2, 0.25) is 0 Å². The monoisotopic (exact) mass is 1220 g/mol. The maximum Gasteiger partial charge on any atom is 0.305 e. The number of hydrogen-bond donors (Lipinski definition) is 0. The van der Waals surface area contributed by atoms with E-state index in [4.69, 9.17) is 18.3 Å². The van der Waals surface area contributed by atoms with Gasteiger partial charge in [0.1, 0.15) is 0 Å². The third-order valence-electron chi connectivity index (χ3n) is 27.0. The Balaban J connectivity index is 0.000000230. The van der Waals surface area contributed by atoms with Crippen molar-refractivity contribution in [3.63, 3.8) is 0 Å². The molecule has 8 aliphatic rings. The van der Waals surface area contributed by atoms with E-state index in [2.05, 4.69) is 153 Å². The summed E-state index contributed by atoms with van der Waals surface area (Å²) < 4.78 is 26.5. The largest absolute Gasteiger partial charge is 0.469 e. The first-order chi connectivity index (χ1) is 37.7. The Morgan fingerprint density at radius 1 is 0.568 bits per heavy atom. The molecule has 8 aliphatic carbocycles. The Labute approximate surface area is 508 Å². The maximum absolute atomic E-state index is 13.0. The number of hydrogen-bond acceptors (Lipinski definition) is 6. The molecular formula is C72H126O6SeSi2. The topological polar surface area (TPSA) is 71.1 Å². The average Bonchev–Trinajstić information content (AvgIpc) is 2.67. The third kappa shape index (κ3) is 13.6. The zero-order valence-electron chi connectivity index (χ0n) is 56.5. The van der Waals surface area contributed by atoms with Crippen molar-refractivity contribution >= 4 is 48.0 Å². The second-order valence-electron chi connectivity index (χ2n) is 33.2. The van der Waals surface area contributed by atoms with E-state index in [0.717, 1.165) is 72.0 Å². The molecule has 0 radical (unpaired) electrons. The van der Waals surface area contributed by atoms with Crippen LogP contribution >= 0.6 is 0 Å². The van der Waals surface area contributed by atoms with Crippen LogP contribution < -0.4 is 4.46 Å². The van der Waals surface area contributed by atoms with Crippen molar-refractivity contribution in [3.05, 3.63) is 30.3 Å². The van der Waals surface area contributed by atoms with Crippen LogP contribution in [0, 0.1) is 105 Å². The van der Waals surface area contributed by atoms with Crippen LogP contribution in [0.25, 0.3) is 0 Å². The standard InChI is InChI=1S/C38H62O3SeSi.C32H58O3Si.C2H6/c1-25-18-20-38(7)31-19-21-37(6)29(26(2)23-34(35(39)40-8)42-27-14-12-11-13-15-27)16-17-30(37)28(31)24-33(32(38)22-25)41-43(9,10)36(3,4)5;1-21-15-17-32(7)26-16-18-31(6)24(22(2)11-14-29(33)34-8)12-13-25(31)23(26)20-28(27(32)19-21)35-36(9,10)30(3,4)5;1-2/h11-15,25-26,28-34H,16-24H2,1-10H3;21-28H,11-20H2,1-10H3;1-2H3/t25-,26-,28?,29-,30?,31?,32+,33+,34?,37-,38-;21-,22-,23?,24-,25?,26?,27+,28+,31-,32-;/m11./s1. The summed E-state index contributed by atoms with van der Waals surface area (Å²) in [6, 6.07) is 10.6. The fourth-order valence-corrected chi connectivity index (χ4v) is 25.7. The van der Waals surface area contributed by atoms with Crippen molar-refractivity contribution in [2.45, 2.75) is 286 Å². The van der Waals surface area contributed by atoms with Gasteiger partial charge < -0.3 is 9.16 Å². The van der Waals surface area contributed by atoms with Crippen LogP contribution in [0.4, 0.5) is 0 Å². The van der Waals surface area contributed by atoms with Crippen LogP contribution in [-0.2, 0) is 27.9 Å². The van der Waals surface area contributed by atoms with Gasteiger partial charge in [0.15, 0.2) is 8.32 Å². The molecule has 6 nitrogen and oxygen atoms in total. The third-order valence-corrected chi connectivity index (χ3v) is 38.5. The zero-order valence-corrected chi connectivity index (χ0v) is 60.2. The van der Waals surface area contributed by atoms with Gasteiger partial charge in [0.25, 0.3) is 0 Å². The number of ether oxygens (including phenoxy) is 2. The summed E-state index contributed by atoms with van der Waals surface area (Å²) in [5, 5.41) is 0.502. The van der Waals surface area contributed by atoms with Crippen LogP contribution in [0.3, 0.4) is 0 Å². The number of benzene rings is 1. The quantitative estimate of drug-likeness (QED) is 0.137. The minimum atomic E-state index is -1.87. The number of esters is 2. The van der Waals surface area contributed by atoms with E-state index in [1.54, 1.807) is 7.11 Å². The van der Waals surface area contributed by atoms with E-state index >= 15 is 0 Å². The number of rotatable bonds is 14. The SMILES string of the molecule is CC.COC(=O)C(C[C@@H](C)[C@H]1CCC2C3C[C@H](O[Si](C)(C)C(C)(C)C)[C@@H]4C[C@H](C)CC[C@]4(C)C3CC[C@@]21C)[Se]c1ccccc1.COC(=O)CC[C@@H](C)[C@H]1CCC2C3C[C@H](O[Si](C)(C)C(C)(C)C)[C@@H]4C[C@H](C)CC[C@]4(C)C3CC[C@@]21C. The van der Waals surface area contributed by atoms with Gasteiger partial charge in [-0.05, 0) is 122 Å². The summed E-state index contributed by atoms with van der Waals surface area (Å²) in [7, 11) is -0.614. The fourth-order valence-electron chi connectivity index (χ4n) is 20.4. The predicted molar refractivity (Wildman–Crippen MR) is 347 cm³/mol. The van der Waals surface area contributed by atoms with E-state index in [-0.39, 0.29) is 41.8 Å². The van der Waals surface area contributed by atoms with E-state index in [0.29, 0.717) is 64.0 Å². The first kappa shape index (κ1) is 67.5. The minimum absolute atomic E-state index is 0.00478. The summed E-state index contributed by atoms with van der Waals surface area (Å²) in [4.78, 5) is 24.9. The molecule has 0 N–H and O–H groups in total. The van der Waals surface area contributed by atoms with Gasteiger partial charge in [0.05, 0.1) is 7.11 Å². The molecule has 9 rings (SSSR count). The molecule has 0 saturated heterocycles. The van der Waals surface area contributed by atoms with Crippen LogP contribution in [0.1, 0.15) is 233 Å². The second kappa shape index (κ2) is 26.0. The van der Waals surface area contributed by atoms with Crippen molar-refractivity contribution in [2.24, 2.45) is 105 Å². The molecule has 0 spiro atoms. The summed E-state index contributed by atoms with van der Waals surface area (Å²) in [6.45, 7) is 48.9. The summed E-state index contributed by atoms with van der Waals surface area (Å²) in [6.07, 6.45) is 25.2. The number of fused-ring (bicyclic) bond motifs is 10. The maximum atomic E-state index is 13.0. The molecule has 0 heterocycles. The number of carbonyl (C=O) groups is 2. The first-order valence-corrected chi connectivity index (χ1v) is 41.6. The molecule has 464 valence electrons. The molecule has 81 heavy (non-hydrogen) atoms. The van der Waals surface area contributed by atoms with Crippen LogP contribution in [0.2, 0.25) is 41.1 Å². The van der Waals surface area contributed by atoms with Gasteiger partial charge in [-0.3, -0.25) is 4.79 Å². The zero-order chi connectivity index (χ0) is 60.1. The van der Waals surface area contributed by atoms with Gasteiger partial charge in [-0.25, -0.2) is 0 Å². The molecule has 1 aromatic carbocycles. The van der Waals surface area contributed by atoms with Crippen LogP contribution in [0.5, 0.6) is 0 Å². The summed E-state index contributed by atoms with van der Waals surface area (Å²) >= 11 is 0.0958. The number of carbonyl (C=O) groups excluding carboxylic acids is 2. The summed E-state index contributed by atoms with van der Waals surface area (Å²) in [5.41, 5.74) is 1.65. The molecule has 8 saturated carbocycles. The minimum Gasteiger partial charge on any atom is -0.469 e. The van der Waals surface area contributed by atoms with E-state index in [1.807, 2.05) is 13.8 Å². The molecule has 0 amide bonds. The van der Waals surface area contributed by atoms with Gasteiger partial charge in [0, 0.05) is 12.5 Å². The molecule has 0 aliphatic heterocycles. The van der Waals surface area contributed by atoms with Crippen LogP contribution in [0.15, 0.2) is 30.3 Å². The molecule has 1 aromatic rings. The summed E-state index contributed by atoms with van der Waals surface area (Å²) in [5.74, 6) is 10.5. The van der Waals surface area contributed by atoms with Crippen molar-refractivity contribution < 1.29 is 27.9 Å². The van der Waals surface area contributed by atoms with Crippen molar-refractivity contribution in [1.82, 2.24) is 0 Å². The molecule has 21 atom stereocenters. The Kier molecular flexibility index (Phi) is 21.7. The van der Waals surface area contributed by atoms with Gasteiger partial charge in [-0.1, -0.05) is 96.4 Å². The molecule has 9 heteroatoms.